The third kappa shape index (κ3) is 2.90. The third-order valence-electron chi connectivity index (χ3n) is 3.41. The average Bonchev–Trinajstić information content (AvgIpc) is 3.02. The molecule has 0 aliphatic heterocycles. The van der Waals surface area contributed by atoms with Crippen molar-refractivity contribution >= 4 is 22.9 Å². The highest BCUT2D eigenvalue weighted by molar-refractivity contribution is 7.12. The van der Waals surface area contributed by atoms with Gasteiger partial charge in [-0.1, -0.05) is 47.9 Å². The van der Waals surface area contributed by atoms with Crippen LogP contribution >= 0.6 is 22.9 Å². The van der Waals surface area contributed by atoms with Crippen molar-refractivity contribution in [3.8, 4) is 10.6 Å². The van der Waals surface area contributed by atoms with Crippen LogP contribution in [0, 0.1) is 0 Å². The third-order valence-corrected chi connectivity index (χ3v) is 4.73. The standard InChI is InChI=1S/C14H16ClN3S/c1-18-14(16-12-4-2-3-5-12)19-13(17-18)10-6-8-11(15)9-7-10/h6-9,12H,2-5H2,1H3/b16-14+. The summed E-state index contributed by atoms with van der Waals surface area (Å²) in [4.78, 5) is 5.83. The Morgan fingerprint density at radius 3 is 2.63 bits per heavy atom. The van der Waals surface area contributed by atoms with E-state index in [9.17, 15) is 0 Å². The van der Waals surface area contributed by atoms with E-state index < -0.39 is 0 Å². The molecule has 0 unspecified atom stereocenters. The fourth-order valence-electron chi connectivity index (χ4n) is 2.36. The number of hydrogen-bond acceptors (Lipinski definition) is 3. The van der Waals surface area contributed by atoms with Crippen LogP contribution in [-0.4, -0.2) is 15.8 Å². The quantitative estimate of drug-likeness (QED) is 0.831. The number of aromatic nitrogens is 2. The van der Waals surface area contributed by atoms with Gasteiger partial charge < -0.3 is 0 Å². The van der Waals surface area contributed by atoms with Gasteiger partial charge in [0.15, 0.2) is 0 Å². The van der Waals surface area contributed by atoms with E-state index in [2.05, 4.69) is 5.10 Å². The second kappa shape index (κ2) is 5.47. The Hall–Kier alpha value is -1.13. The molecule has 0 amide bonds. The molecule has 3 nitrogen and oxygen atoms in total. The van der Waals surface area contributed by atoms with E-state index in [4.69, 9.17) is 16.6 Å². The molecular formula is C14H16ClN3S. The van der Waals surface area contributed by atoms with Crippen molar-refractivity contribution in [1.29, 1.82) is 0 Å². The summed E-state index contributed by atoms with van der Waals surface area (Å²) in [6, 6.07) is 8.28. The molecule has 1 aromatic carbocycles. The monoisotopic (exact) mass is 293 g/mol. The summed E-state index contributed by atoms with van der Waals surface area (Å²) in [5.74, 6) is 0. The fourth-order valence-corrected chi connectivity index (χ4v) is 3.45. The first-order chi connectivity index (χ1) is 9.22. The maximum Gasteiger partial charge on any atom is 0.203 e. The molecule has 1 aromatic heterocycles. The molecule has 1 saturated carbocycles. The molecular weight excluding hydrogens is 278 g/mol. The van der Waals surface area contributed by atoms with E-state index in [-0.39, 0.29) is 0 Å². The summed E-state index contributed by atoms with van der Waals surface area (Å²) >= 11 is 7.56. The van der Waals surface area contributed by atoms with Gasteiger partial charge in [0.1, 0.15) is 5.01 Å². The van der Waals surface area contributed by atoms with Crippen LogP contribution in [0.5, 0.6) is 0 Å². The van der Waals surface area contributed by atoms with Crippen LogP contribution in [0.15, 0.2) is 29.3 Å². The molecule has 19 heavy (non-hydrogen) atoms. The Morgan fingerprint density at radius 2 is 1.95 bits per heavy atom. The highest BCUT2D eigenvalue weighted by Gasteiger charge is 2.14. The van der Waals surface area contributed by atoms with E-state index in [1.54, 1.807) is 11.3 Å². The van der Waals surface area contributed by atoms with Gasteiger partial charge in [0, 0.05) is 17.6 Å². The van der Waals surface area contributed by atoms with Crippen LogP contribution in [0.2, 0.25) is 5.02 Å². The summed E-state index contributed by atoms with van der Waals surface area (Å²) in [6.45, 7) is 0. The zero-order chi connectivity index (χ0) is 13.2. The Morgan fingerprint density at radius 1 is 1.26 bits per heavy atom. The normalized spacial score (nSPS) is 17.3. The van der Waals surface area contributed by atoms with Gasteiger partial charge in [0.2, 0.25) is 4.80 Å². The van der Waals surface area contributed by atoms with E-state index in [0.29, 0.717) is 6.04 Å². The number of benzene rings is 1. The van der Waals surface area contributed by atoms with E-state index in [1.807, 2.05) is 36.0 Å². The summed E-state index contributed by atoms with van der Waals surface area (Å²) in [5, 5.41) is 6.30. The molecule has 2 aromatic rings. The zero-order valence-electron chi connectivity index (χ0n) is 10.8. The smallest absolute Gasteiger partial charge is 0.203 e. The van der Waals surface area contributed by atoms with Crippen LogP contribution in [0.1, 0.15) is 25.7 Å². The lowest BCUT2D eigenvalue weighted by atomic mass is 10.2. The van der Waals surface area contributed by atoms with Gasteiger partial charge >= 0.3 is 0 Å². The van der Waals surface area contributed by atoms with Crippen molar-refractivity contribution in [3.05, 3.63) is 34.1 Å². The number of rotatable bonds is 2. The van der Waals surface area contributed by atoms with Gasteiger partial charge in [0.05, 0.1) is 6.04 Å². The molecule has 5 heteroatoms. The van der Waals surface area contributed by atoms with Gasteiger partial charge in [-0.15, -0.1) is 0 Å². The van der Waals surface area contributed by atoms with Crippen molar-refractivity contribution < 1.29 is 0 Å². The minimum absolute atomic E-state index is 0.490. The predicted molar refractivity (Wildman–Crippen MR) is 79.4 cm³/mol. The highest BCUT2D eigenvalue weighted by Crippen LogP contribution is 2.23. The van der Waals surface area contributed by atoms with Crippen LogP contribution in [0.4, 0.5) is 0 Å². The molecule has 100 valence electrons. The maximum atomic E-state index is 5.91. The first-order valence-corrected chi connectivity index (χ1v) is 7.76. The minimum Gasteiger partial charge on any atom is -0.254 e. The van der Waals surface area contributed by atoms with Crippen LogP contribution < -0.4 is 4.80 Å². The van der Waals surface area contributed by atoms with Crippen molar-refractivity contribution in [2.75, 3.05) is 0 Å². The molecule has 0 saturated heterocycles. The highest BCUT2D eigenvalue weighted by atomic mass is 35.5. The molecule has 0 atom stereocenters. The lowest BCUT2D eigenvalue weighted by molar-refractivity contribution is 0.646. The first-order valence-electron chi connectivity index (χ1n) is 6.56. The topological polar surface area (TPSA) is 30.2 Å². The molecule has 3 rings (SSSR count). The lowest BCUT2D eigenvalue weighted by Gasteiger charge is -1.98. The molecule has 1 heterocycles. The number of halogens is 1. The summed E-state index contributed by atoms with van der Waals surface area (Å²) in [7, 11) is 1.96. The maximum absolute atomic E-state index is 5.91. The van der Waals surface area contributed by atoms with Crippen LogP contribution in [-0.2, 0) is 7.05 Å². The molecule has 1 aliphatic carbocycles. The number of aryl methyl sites for hydroxylation is 1. The van der Waals surface area contributed by atoms with Crippen molar-refractivity contribution in [2.45, 2.75) is 31.7 Å². The molecule has 1 aliphatic rings. The Kier molecular flexibility index (Phi) is 3.71. The van der Waals surface area contributed by atoms with Gasteiger partial charge in [-0.3, -0.25) is 4.99 Å². The second-order valence-electron chi connectivity index (χ2n) is 4.89. The summed E-state index contributed by atoms with van der Waals surface area (Å²) in [6.07, 6.45) is 5.05. The Labute approximate surface area is 121 Å². The first kappa shape index (κ1) is 12.9. The van der Waals surface area contributed by atoms with Gasteiger partial charge in [-0.05, 0) is 25.0 Å². The SMILES string of the molecule is Cn1nc(-c2ccc(Cl)cc2)s/c1=N/C1CCCC1. The molecule has 0 spiro atoms. The molecule has 1 fully saturated rings. The molecule has 0 bridgehead atoms. The largest absolute Gasteiger partial charge is 0.254 e. The minimum atomic E-state index is 0.490. The fraction of sp³-hybridized carbons (Fsp3) is 0.429. The Bertz CT molecular complexity index is 621. The Balaban J connectivity index is 1.94. The average molecular weight is 294 g/mol. The van der Waals surface area contributed by atoms with Crippen molar-refractivity contribution in [2.24, 2.45) is 12.0 Å². The summed E-state index contributed by atoms with van der Waals surface area (Å²) in [5.41, 5.74) is 1.10. The van der Waals surface area contributed by atoms with E-state index in [1.165, 1.54) is 25.7 Å². The van der Waals surface area contributed by atoms with Crippen LogP contribution in [0.3, 0.4) is 0 Å². The predicted octanol–water partition coefficient (Wildman–Crippen LogP) is 3.65. The van der Waals surface area contributed by atoms with Crippen LogP contribution in [0.25, 0.3) is 10.6 Å². The number of hydrogen-bond donors (Lipinski definition) is 0. The zero-order valence-corrected chi connectivity index (χ0v) is 12.4. The second-order valence-corrected chi connectivity index (χ2v) is 6.28. The molecule has 0 radical (unpaired) electrons. The van der Waals surface area contributed by atoms with Gasteiger partial charge in [-0.25, -0.2) is 4.68 Å². The van der Waals surface area contributed by atoms with E-state index >= 15 is 0 Å². The summed E-state index contributed by atoms with van der Waals surface area (Å²) < 4.78 is 1.88. The van der Waals surface area contributed by atoms with Crippen molar-refractivity contribution in [1.82, 2.24) is 9.78 Å². The lowest BCUT2D eigenvalue weighted by Crippen LogP contribution is -2.15. The number of nitrogens with zero attached hydrogens (tertiary/aromatic N) is 3. The van der Waals surface area contributed by atoms with Crippen molar-refractivity contribution in [3.63, 3.8) is 0 Å². The van der Waals surface area contributed by atoms with E-state index in [0.717, 1.165) is 20.4 Å². The van der Waals surface area contributed by atoms with Gasteiger partial charge in [0.25, 0.3) is 0 Å². The molecule has 0 N–H and O–H groups in total. The van der Waals surface area contributed by atoms with Gasteiger partial charge in [-0.2, -0.15) is 5.10 Å².